The maximum atomic E-state index is 13.3. The standard InChI is InChI=1S/C24H14B10N6O/c1-39-11-35-10-16(39)12-2-3-14-9-37-17(7-15(14)6-12)38-19(41)13-4-5-36-18(8-13)40-23(31,32)21(27,28)20(25,26)22(29,30)24(40,33)34/h2-11H,1H3,(H,37,38,41). The Bertz CT molecular complexity index is 1640. The van der Waals surface area contributed by atoms with Gasteiger partial charge in [0, 0.05) is 36.0 Å². The summed E-state index contributed by atoms with van der Waals surface area (Å²) in [5.41, 5.74) is 1.98. The maximum Gasteiger partial charge on any atom is 0.257 e. The van der Waals surface area contributed by atoms with Crippen molar-refractivity contribution in [2.45, 2.75) is 26.3 Å². The summed E-state index contributed by atoms with van der Waals surface area (Å²) in [6.45, 7) is 0. The lowest BCUT2D eigenvalue weighted by Gasteiger charge is -2.79. The van der Waals surface area contributed by atoms with E-state index in [1.54, 1.807) is 24.8 Å². The van der Waals surface area contributed by atoms with E-state index in [1.165, 1.54) is 18.3 Å². The van der Waals surface area contributed by atoms with Crippen LogP contribution in [0, 0.1) is 0 Å². The summed E-state index contributed by atoms with van der Waals surface area (Å²) in [7, 11) is 64.2. The van der Waals surface area contributed by atoms with Crippen LogP contribution in [0.2, 0.25) is 15.6 Å². The normalized spacial score (nSPS) is 19.9. The van der Waals surface area contributed by atoms with Crippen LogP contribution in [0.1, 0.15) is 10.4 Å². The minimum Gasteiger partial charge on any atom is -0.382 e. The molecule has 0 unspecified atom stereocenters. The van der Waals surface area contributed by atoms with Crippen molar-refractivity contribution < 1.29 is 4.79 Å². The van der Waals surface area contributed by atoms with Crippen LogP contribution in [-0.2, 0) is 7.05 Å². The first kappa shape index (κ1) is 29.4. The molecular formula is C24H14B10N6O. The number of rotatable bonds is 4. The molecule has 0 saturated carbocycles. The Balaban J connectivity index is 1.48. The molecule has 4 aromatic rings. The van der Waals surface area contributed by atoms with Gasteiger partial charge in [0.05, 0.1) is 96.7 Å². The van der Waals surface area contributed by atoms with Crippen molar-refractivity contribution in [3.8, 4) is 11.3 Å². The van der Waals surface area contributed by atoms with Crippen LogP contribution in [0.5, 0.6) is 0 Å². The quantitative estimate of drug-likeness (QED) is 0.373. The van der Waals surface area contributed by atoms with Gasteiger partial charge in [0.15, 0.2) is 0 Å². The number of nitrogens with one attached hydrogen (secondary N) is 1. The number of fused-ring (bicyclic) bond motifs is 1. The smallest absolute Gasteiger partial charge is 0.257 e. The van der Waals surface area contributed by atoms with E-state index in [-0.39, 0.29) is 11.4 Å². The number of anilines is 2. The lowest BCUT2D eigenvalue weighted by atomic mass is 9.05. The van der Waals surface area contributed by atoms with Crippen molar-refractivity contribution in [2.24, 2.45) is 7.05 Å². The zero-order chi connectivity index (χ0) is 30.2. The highest BCUT2D eigenvalue weighted by molar-refractivity contribution is 6.71. The molecule has 1 N–H and O–H groups in total. The largest absolute Gasteiger partial charge is 0.382 e. The highest BCUT2D eigenvalue weighted by atomic mass is 16.1. The summed E-state index contributed by atoms with van der Waals surface area (Å²) >= 11 is 0. The molecule has 17 heteroatoms. The first-order chi connectivity index (χ1) is 18.9. The van der Waals surface area contributed by atoms with Crippen molar-refractivity contribution in [1.82, 2.24) is 19.5 Å². The molecule has 20 radical (unpaired) electrons. The zero-order valence-electron chi connectivity index (χ0n) is 22.2. The average Bonchev–Trinajstić information content (AvgIpc) is 3.33. The third-order valence-corrected chi connectivity index (χ3v) is 7.75. The lowest BCUT2D eigenvalue weighted by Crippen LogP contribution is -2.81. The number of carbonyl (C=O) groups is 1. The molecule has 1 aromatic carbocycles. The van der Waals surface area contributed by atoms with E-state index in [2.05, 4.69) is 20.3 Å². The van der Waals surface area contributed by atoms with E-state index in [4.69, 9.17) is 78.5 Å². The Morgan fingerprint density at radius 3 is 2.05 bits per heavy atom. The molecule has 1 saturated heterocycles. The van der Waals surface area contributed by atoms with Gasteiger partial charge >= 0.3 is 0 Å². The van der Waals surface area contributed by atoms with Crippen molar-refractivity contribution in [2.75, 3.05) is 10.2 Å². The Kier molecular flexibility index (Phi) is 6.79. The molecule has 5 rings (SSSR count). The van der Waals surface area contributed by atoms with Gasteiger partial charge in [-0.1, -0.05) is 12.1 Å². The second-order valence-electron chi connectivity index (χ2n) is 10.5. The number of pyridine rings is 2. The second kappa shape index (κ2) is 9.47. The van der Waals surface area contributed by atoms with Gasteiger partial charge in [-0.15, -0.1) is 15.6 Å². The van der Waals surface area contributed by atoms with E-state index < -0.39 is 32.2 Å². The molecule has 0 atom stereocenters. The summed E-state index contributed by atoms with van der Waals surface area (Å²) in [4.78, 5) is 26.9. The van der Waals surface area contributed by atoms with Gasteiger partial charge in [0.1, 0.15) is 11.6 Å². The molecule has 0 bridgehead atoms. The van der Waals surface area contributed by atoms with Crippen LogP contribution < -0.4 is 10.2 Å². The summed E-state index contributed by atoms with van der Waals surface area (Å²) in [6, 6.07) is 10.3. The maximum absolute atomic E-state index is 13.3. The number of amides is 1. The molecule has 1 aliphatic heterocycles. The summed E-state index contributed by atoms with van der Waals surface area (Å²) in [5, 5.41) is -7.32. The number of aromatic nitrogens is 4. The first-order valence-electron chi connectivity index (χ1n) is 12.3. The Morgan fingerprint density at radius 2 is 1.44 bits per heavy atom. The fraction of sp³-hybridized carbons (Fsp3) is 0.250. The van der Waals surface area contributed by atoms with Crippen LogP contribution in [0.15, 0.2) is 61.3 Å². The summed E-state index contributed by atoms with van der Waals surface area (Å²) in [6.07, 6.45) is 6.42. The van der Waals surface area contributed by atoms with E-state index in [0.29, 0.717) is 5.82 Å². The number of piperidine rings is 1. The second-order valence-corrected chi connectivity index (χ2v) is 10.5. The van der Waals surface area contributed by atoms with Gasteiger partial charge in [-0.2, -0.15) is 0 Å². The summed E-state index contributed by atoms with van der Waals surface area (Å²) in [5.74, 6) is -0.386. The molecule has 176 valence electrons. The third kappa shape index (κ3) is 4.25. The van der Waals surface area contributed by atoms with Gasteiger partial charge in [0.2, 0.25) is 0 Å². The molecule has 3 aromatic heterocycles. The molecule has 1 amide bonds. The third-order valence-electron chi connectivity index (χ3n) is 7.75. The molecule has 41 heavy (non-hydrogen) atoms. The zero-order valence-corrected chi connectivity index (χ0v) is 22.2. The monoisotopic (exact) mass is 512 g/mol. The van der Waals surface area contributed by atoms with Crippen molar-refractivity contribution >= 4 is 107 Å². The van der Waals surface area contributed by atoms with Crippen molar-refractivity contribution in [3.05, 3.63) is 66.9 Å². The molecule has 4 heterocycles. The fourth-order valence-corrected chi connectivity index (χ4v) is 4.93. The number of imidazole rings is 1. The van der Waals surface area contributed by atoms with Gasteiger partial charge in [-0.05, 0) is 40.3 Å². The lowest BCUT2D eigenvalue weighted by molar-refractivity contribution is 0.102. The van der Waals surface area contributed by atoms with Gasteiger partial charge < -0.3 is 14.8 Å². The first-order valence-corrected chi connectivity index (χ1v) is 12.3. The van der Waals surface area contributed by atoms with Gasteiger partial charge in [-0.3, -0.25) is 4.79 Å². The fourth-order valence-electron chi connectivity index (χ4n) is 4.93. The number of carbonyl (C=O) groups excluding carboxylic acids is 1. The van der Waals surface area contributed by atoms with E-state index >= 15 is 0 Å². The SMILES string of the molecule is [B]C1([B])N(c2cc(C(=O)Nc3cc4cc(-c5cncn5C)ccc4cn3)ccn2)C([B])([B])C([B])([B])C([B])([B])C1([B])[B]. The Morgan fingerprint density at radius 1 is 0.780 bits per heavy atom. The van der Waals surface area contributed by atoms with Crippen LogP contribution in [0.3, 0.4) is 0 Å². The van der Waals surface area contributed by atoms with Crippen LogP contribution in [0.4, 0.5) is 11.6 Å². The topological polar surface area (TPSA) is 75.9 Å². The Labute approximate surface area is 252 Å². The molecule has 0 spiro atoms. The van der Waals surface area contributed by atoms with Crippen LogP contribution >= 0.6 is 0 Å². The van der Waals surface area contributed by atoms with E-state index in [1.807, 2.05) is 29.8 Å². The molecular weight excluding hydrogens is 496 g/mol. The number of nitrogens with zero attached hydrogens (tertiary/aromatic N) is 5. The minimum absolute atomic E-state index is 0.101. The van der Waals surface area contributed by atoms with Crippen molar-refractivity contribution in [1.29, 1.82) is 0 Å². The number of hydrogen-bond donors (Lipinski definition) is 1. The average molecular weight is 511 g/mol. The van der Waals surface area contributed by atoms with Gasteiger partial charge in [0.25, 0.3) is 5.91 Å². The molecule has 7 nitrogen and oxygen atoms in total. The minimum atomic E-state index is -2.37. The summed E-state index contributed by atoms with van der Waals surface area (Å²) < 4.78 is 1.91. The number of hydrogen-bond acceptors (Lipinski definition) is 5. The van der Waals surface area contributed by atoms with Gasteiger partial charge in [-0.25, -0.2) is 15.0 Å². The van der Waals surface area contributed by atoms with E-state index in [0.717, 1.165) is 26.9 Å². The molecule has 1 fully saturated rings. The van der Waals surface area contributed by atoms with Crippen LogP contribution in [0.25, 0.3) is 22.0 Å². The predicted molar refractivity (Wildman–Crippen MR) is 170 cm³/mol. The highest BCUT2D eigenvalue weighted by Crippen LogP contribution is 2.69. The molecule has 1 aliphatic rings. The van der Waals surface area contributed by atoms with E-state index in [9.17, 15) is 4.79 Å². The Hall–Kier alpha value is -3.09. The van der Waals surface area contributed by atoms with Crippen molar-refractivity contribution in [3.63, 3.8) is 0 Å². The van der Waals surface area contributed by atoms with Crippen LogP contribution in [-0.4, -0.2) is 115 Å². The number of benzene rings is 1. The molecule has 0 aliphatic carbocycles. The predicted octanol–water partition coefficient (Wildman–Crippen LogP) is -0.556. The number of aryl methyl sites for hydroxylation is 1. The highest BCUT2D eigenvalue weighted by Gasteiger charge is 2.64.